The van der Waals surface area contributed by atoms with Gasteiger partial charge in [-0.1, -0.05) is 5.92 Å². The van der Waals surface area contributed by atoms with Crippen molar-refractivity contribution in [2.24, 2.45) is 5.73 Å². The number of ketones is 1. The summed E-state index contributed by atoms with van der Waals surface area (Å²) in [7, 11) is 0. The van der Waals surface area contributed by atoms with Gasteiger partial charge in [0.05, 0.1) is 11.3 Å². The van der Waals surface area contributed by atoms with Crippen LogP contribution in [0.4, 0.5) is 10.1 Å². The summed E-state index contributed by atoms with van der Waals surface area (Å²) in [4.78, 5) is 20.9. The van der Waals surface area contributed by atoms with Crippen LogP contribution < -0.4 is 5.73 Å². The molecule has 16 heavy (non-hydrogen) atoms. The molecular formula is C10H7FN2O3. The van der Waals surface area contributed by atoms with Crippen molar-refractivity contribution in [1.29, 1.82) is 0 Å². The van der Waals surface area contributed by atoms with Gasteiger partial charge in [-0.3, -0.25) is 14.9 Å². The molecule has 0 spiro atoms. The van der Waals surface area contributed by atoms with Crippen molar-refractivity contribution in [1.82, 2.24) is 0 Å². The first-order valence-corrected chi connectivity index (χ1v) is 4.22. The molecule has 0 unspecified atom stereocenters. The molecule has 0 saturated carbocycles. The number of hydrogen-bond donors (Lipinski definition) is 1. The lowest BCUT2D eigenvalue weighted by Crippen LogP contribution is -2.01. The molecule has 0 amide bonds. The second-order valence-corrected chi connectivity index (χ2v) is 2.84. The van der Waals surface area contributed by atoms with Crippen LogP contribution in [0, 0.1) is 27.9 Å². The van der Waals surface area contributed by atoms with Gasteiger partial charge in [-0.25, -0.2) is 0 Å². The third-order valence-electron chi connectivity index (χ3n) is 1.82. The fraction of sp³-hybridized carbons (Fsp3) is 0.100. The van der Waals surface area contributed by atoms with Crippen LogP contribution in [0.3, 0.4) is 0 Å². The van der Waals surface area contributed by atoms with Gasteiger partial charge in [0.25, 0.3) is 0 Å². The van der Waals surface area contributed by atoms with Crippen LogP contribution in [0.2, 0.25) is 0 Å². The van der Waals surface area contributed by atoms with Crippen LogP contribution in [0.5, 0.6) is 0 Å². The number of rotatable bonds is 3. The van der Waals surface area contributed by atoms with E-state index in [1.807, 2.05) is 6.04 Å². The Balaban J connectivity index is 3.06. The molecule has 1 aromatic rings. The third kappa shape index (κ3) is 2.54. The van der Waals surface area contributed by atoms with E-state index in [1.54, 1.807) is 0 Å². The minimum atomic E-state index is -0.980. The fourth-order valence-electron chi connectivity index (χ4n) is 1.06. The predicted octanol–water partition coefficient (Wildman–Crippen LogP) is 1.23. The van der Waals surface area contributed by atoms with Crippen LogP contribution >= 0.6 is 0 Å². The van der Waals surface area contributed by atoms with Gasteiger partial charge in [0.2, 0.25) is 5.82 Å². The predicted molar refractivity (Wildman–Crippen MR) is 54.0 cm³/mol. The first-order chi connectivity index (χ1) is 7.56. The quantitative estimate of drug-likeness (QED) is 0.274. The summed E-state index contributed by atoms with van der Waals surface area (Å²) in [5.41, 5.74) is 4.18. The summed E-state index contributed by atoms with van der Waals surface area (Å²) in [5, 5.41) is 10.4. The van der Waals surface area contributed by atoms with E-state index in [2.05, 4.69) is 5.92 Å². The summed E-state index contributed by atoms with van der Waals surface area (Å²) in [6.07, 6.45) is -0.153. The number of carbonyl (C=O) groups excluding carboxylic acids is 1. The summed E-state index contributed by atoms with van der Waals surface area (Å²) >= 11 is 0. The second kappa shape index (κ2) is 4.89. The van der Waals surface area contributed by atoms with Gasteiger partial charge in [-0.15, -0.1) is 0 Å². The van der Waals surface area contributed by atoms with Gasteiger partial charge < -0.3 is 5.73 Å². The largest absolute Gasteiger partial charge is 0.359 e. The molecule has 1 rings (SSSR count). The van der Waals surface area contributed by atoms with Crippen molar-refractivity contribution in [3.05, 3.63) is 39.7 Å². The van der Waals surface area contributed by atoms with Gasteiger partial charge in [0, 0.05) is 17.7 Å². The molecule has 1 aromatic carbocycles. The Labute approximate surface area is 90.2 Å². The molecule has 0 saturated heterocycles. The van der Waals surface area contributed by atoms with Crippen LogP contribution in [-0.4, -0.2) is 10.7 Å². The maximum atomic E-state index is 12.9. The van der Waals surface area contributed by atoms with E-state index in [4.69, 9.17) is 5.73 Å². The first kappa shape index (κ1) is 11.7. The monoisotopic (exact) mass is 222 g/mol. The molecule has 0 aliphatic heterocycles. The summed E-state index contributed by atoms with van der Waals surface area (Å²) in [6, 6.07) is 4.97. The van der Waals surface area contributed by atoms with Crippen molar-refractivity contribution in [3.8, 4) is 12.0 Å². The lowest BCUT2D eigenvalue weighted by Gasteiger charge is -1.98. The Bertz CT molecular complexity index is 503. The van der Waals surface area contributed by atoms with E-state index in [-0.39, 0.29) is 12.0 Å². The summed E-state index contributed by atoms with van der Waals surface area (Å²) in [6.45, 7) is 0. The highest BCUT2D eigenvalue weighted by Crippen LogP contribution is 2.19. The molecule has 0 bridgehead atoms. The number of nitrogens with two attached hydrogens (primary N) is 1. The molecule has 0 aromatic heterocycles. The van der Waals surface area contributed by atoms with Gasteiger partial charge >= 0.3 is 5.69 Å². The van der Waals surface area contributed by atoms with Gasteiger partial charge in [0.1, 0.15) is 0 Å². The molecule has 0 radical (unpaired) electrons. The number of nitro groups is 1. The number of nitrogens with zero attached hydrogens (tertiary/aromatic N) is 1. The molecule has 0 heterocycles. The van der Waals surface area contributed by atoms with E-state index in [9.17, 15) is 19.3 Å². The topological polar surface area (TPSA) is 86.2 Å². The fourth-order valence-corrected chi connectivity index (χ4v) is 1.06. The Kier molecular flexibility index (Phi) is 3.56. The van der Waals surface area contributed by atoms with Gasteiger partial charge in [-0.2, -0.15) is 4.39 Å². The van der Waals surface area contributed by atoms with Gasteiger partial charge in [0.15, 0.2) is 5.78 Å². The molecule has 0 aliphatic rings. The normalized spacial score (nSPS) is 9.06. The maximum Gasteiger partial charge on any atom is 0.305 e. The first-order valence-electron chi connectivity index (χ1n) is 4.22. The number of benzene rings is 1. The summed E-state index contributed by atoms with van der Waals surface area (Å²) in [5.74, 6) is 0.901. The van der Waals surface area contributed by atoms with Crippen molar-refractivity contribution in [3.63, 3.8) is 0 Å². The number of halogens is 1. The van der Waals surface area contributed by atoms with Crippen LogP contribution in [0.15, 0.2) is 18.2 Å². The molecular weight excluding hydrogens is 215 g/mol. The zero-order valence-electron chi connectivity index (χ0n) is 8.07. The van der Waals surface area contributed by atoms with Crippen molar-refractivity contribution in [2.75, 3.05) is 0 Å². The Morgan fingerprint density at radius 3 is 2.81 bits per heavy atom. The Hall–Kier alpha value is -2.42. The minimum Gasteiger partial charge on any atom is -0.359 e. The van der Waals surface area contributed by atoms with Crippen molar-refractivity contribution < 1.29 is 14.1 Å². The molecule has 0 atom stereocenters. The SMILES string of the molecule is NC#CCC(=O)c1ccc(F)c([N+](=O)[O-])c1. The van der Waals surface area contributed by atoms with Crippen molar-refractivity contribution in [2.45, 2.75) is 6.42 Å². The highest BCUT2D eigenvalue weighted by molar-refractivity contribution is 5.98. The molecule has 82 valence electrons. The molecule has 0 fully saturated rings. The Morgan fingerprint density at radius 1 is 1.56 bits per heavy atom. The zero-order chi connectivity index (χ0) is 12.1. The Morgan fingerprint density at radius 2 is 2.25 bits per heavy atom. The third-order valence-corrected chi connectivity index (χ3v) is 1.82. The minimum absolute atomic E-state index is 0.0378. The molecule has 6 heteroatoms. The zero-order valence-corrected chi connectivity index (χ0v) is 8.07. The average Bonchev–Trinajstić information content (AvgIpc) is 2.26. The standard InChI is InChI=1S/C10H7FN2O3/c11-8-4-3-7(6-9(8)13(15)16)10(14)2-1-5-12/h3-4,6H,2,12H2. The number of nitro benzene ring substituents is 1. The van der Waals surface area contributed by atoms with Gasteiger partial charge in [-0.05, 0) is 12.1 Å². The molecule has 0 aliphatic carbocycles. The van der Waals surface area contributed by atoms with E-state index in [1.165, 1.54) is 6.07 Å². The highest BCUT2D eigenvalue weighted by atomic mass is 19.1. The smallest absolute Gasteiger partial charge is 0.305 e. The van der Waals surface area contributed by atoms with Crippen LogP contribution in [-0.2, 0) is 0 Å². The lowest BCUT2D eigenvalue weighted by atomic mass is 10.1. The van der Waals surface area contributed by atoms with Crippen LogP contribution in [0.1, 0.15) is 16.8 Å². The number of carbonyl (C=O) groups is 1. The van der Waals surface area contributed by atoms with Crippen molar-refractivity contribution >= 4 is 11.5 Å². The van der Waals surface area contributed by atoms with Crippen LogP contribution in [0.25, 0.3) is 0 Å². The van der Waals surface area contributed by atoms with E-state index >= 15 is 0 Å². The lowest BCUT2D eigenvalue weighted by molar-refractivity contribution is -0.387. The number of Topliss-reactive ketones (excluding diaryl/α,β-unsaturated/α-hetero) is 1. The van der Waals surface area contributed by atoms with E-state index < -0.39 is 22.2 Å². The number of hydrogen-bond acceptors (Lipinski definition) is 4. The van der Waals surface area contributed by atoms with E-state index in [0.29, 0.717) is 0 Å². The second-order valence-electron chi connectivity index (χ2n) is 2.84. The maximum absolute atomic E-state index is 12.9. The molecule has 2 N–H and O–H groups in total. The van der Waals surface area contributed by atoms with E-state index in [0.717, 1.165) is 12.1 Å². The average molecular weight is 222 g/mol. The highest BCUT2D eigenvalue weighted by Gasteiger charge is 2.16. The summed E-state index contributed by atoms with van der Waals surface area (Å²) < 4.78 is 12.9. The molecule has 5 nitrogen and oxygen atoms in total.